The van der Waals surface area contributed by atoms with Crippen molar-refractivity contribution >= 4 is 9.76 Å². The highest BCUT2D eigenvalue weighted by molar-refractivity contribution is 6.32. The van der Waals surface area contributed by atoms with Gasteiger partial charge in [-0.1, -0.05) is 5.70 Å². The van der Waals surface area contributed by atoms with Crippen LogP contribution in [0.25, 0.3) is 0 Å². The maximum atomic E-state index is 7.90. The molecule has 0 amide bonds. The van der Waals surface area contributed by atoms with E-state index in [0.29, 0.717) is 0 Å². The standard InChI is InChI=1S/C2H6OSi.C2H6O/c1-2-4-3;1-2-3/h2-3H,1,4H2;3H,2H2,1H3. The van der Waals surface area contributed by atoms with Gasteiger partial charge in [0.2, 0.25) is 0 Å². The summed E-state index contributed by atoms with van der Waals surface area (Å²) in [5.41, 5.74) is 1.57. The predicted octanol–water partition coefficient (Wildman–Crippen LogP) is -0.795. The lowest BCUT2D eigenvalue weighted by molar-refractivity contribution is 0.318. The van der Waals surface area contributed by atoms with E-state index in [1.54, 1.807) is 12.6 Å². The molecular weight excluding hydrogens is 108 g/mol. The van der Waals surface area contributed by atoms with E-state index in [1.165, 1.54) is 0 Å². The lowest BCUT2D eigenvalue weighted by atomic mass is 10.9. The van der Waals surface area contributed by atoms with Crippen LogP contribution in [0.4, 0.5) is 0 Å². The summed E-state index contributed by atoms with van der Waals surface area (Å²) in [5, 5.41) is 7.57. The topological polar surface area (TPSA) is 40.5 Å². The summed E-state index contributed by atoms with van der Waals surface area (Å²) in [5.74, 6) is 0. The molecule has 2 N–H and O–H groups in total. The molecule has 0 radical (unpaired) electrons. The first kappa shape index (κ1) is 9.99. The van der Waals surface area contributed by atoms with Crippen LogP contribution in [0.3, 0.4) is 0 Å². The van der Waals surface area contributed by atoms with Gasteiger partial charge in [-0.25, -0.2) is 0 Å². The summed E-state index contributed by atoms with van der Waals surface area (Å²) in [6.07, 6.45) is 0. The van der Waals surface area contributed by atoms with Crippen molar-refractivity contribution in [2.75, 3.05) is 6.61 Å². The molecule has 0 atom stereocenters. The molecule has 44 valence electrons. The van der Waals surface area contributed by atoms with Gasteiger partial charge >= 0.3 is 0 Å². The van der Waals surface area contributed by atoms with Gasteiger partial charge in [-0.15, -0.1) is 6.58 Å². The predicted molar refractivity (Wildman–Crippen MR) is 33.7 cm³/mol. The number of hydrogen-bond donors (Lipinski definition) is 2. The van der Waals surface area contributed by atoms with Crippen molar-refractivity contribution in [1.29, 1.82) is 0 Å². The average molecular weight is 120 g/mol. The Balaban J connectivity index is 0. The van der Waals surface area contributed by atoms with Crippen molar-refractivity contribution < 1.29 is 9.90 Å². The zero-order valence-electron chi connectivity index (χ0n) is 4.59. The Hall–Kier alpha value is -0.123. The van der Waals surface area contributed by atoms with Crippen molar-refractivity contribution in [2.24, 2.45) is 0 Å². The number of hydrogen-bond acceptors (Lipinski definition) is 2. The molecule has 0 spiro atoms. The average Bonchev–Trinajstić information content (AvgIpc) is 1.69. The third-order valence-corrected chi connectivity index (χ3v) is 0.387. The summed E-state index contributed by atoms with van der Waals surface area (Å²) in [6, 6.07) is 0. The van der Waals surface area contributed by atoms with Gasteiger partial charge in [0.15, 0.2) is 9.76 Å². The third-order valence-electron chi connectivity index (χ3n) is 0.129. The molecule has 0 aliphatic heterocycles. The lowest BCUT2D eigenvalue weighted by Gasteiger charge is -1.57. The molecule has 0 aromatic heterocycles. The van der Waals surface area contributed by atoms with Gasteiger partial charge in [0.1, 0.15) is 0 Å². The number of aliphatic hydroxyl groups is 1. The highest BCUT2D eigenvalue weighted by Gasteiger charge is 1.49. The Morgan fingerprint density at radius 2 is 2.00 bits per heavy atom. The molecule has 3 heteroatoms. The van der Waals surface area contributed by atoms with Gasteiger partial charge in [-0.3, -0.25) is 0 Å². The first-order valence-corrected chi connectivity index (χ1v) is 3.61. The second-order valence-corrected chi connectivity index (χ2v) is 1.73. The maximum absolute atomic E-state index is 7.90. The Morgan fingerprint density at radius 3 is 2.00 bits per heavy atom. The first-order valence-electron chi connectivity index (χ1n) is 2.16. The first-order chi connectivity index (χ1) is 3.33. The second kappa shape index (κ2) is 16.9. The summed E-state index contributed by atoms with van der Waals surface area (Å²) in [7, 11) is -0.812. The molecular formula is C4H12O2Si. The molecule has 0 heterocycles. The Bertz CT molecular complexity index is 30.9. The highest BCUT2D eigenvalue weighted by atomic mass is 28.2. The van der Waals surface area contributed by atoms with Gasteiger partial charge in [-0.05, 0) is 6.92 Å². The van der Waals surface area contributed by atoms with Gasteiger partial charge < -0.3 is 9.90 Å². The summed E-state index contributed by atoms with van der Waals surface area (Å²) in [6.45, 7) is 5.22. The van der Waals surface area contributed by atoms with Crippen molar-refractivity contribution in [1.82, 2.24) is 0 Å². The Labute approximate surface area is 46.4 Å². The number of rotatable bonds is 1. The monoisotopic (exact) mass is 120 g/mol. The molecule has 0 saturated heterocycles. The molecule has 0 fully saturated rings. The lowest BCUT2D eigenvalue weighted by Crippen LogP contribution is -1.71. The fraction of sp³-hybridized carbons (Fsp3) is 0.500. The van der Waals surface area contributed by atoms with E-state index < -0.39 is 9.76 Å². The van der Waals surface area contributed by atoms with E-state index in [1.807, 2.05) is 0 Å². The van der Waals surface area contributed by atoms with Crippen LogP contribution in [-0.2, 0) is 0 Å². The molecule has 0 bridgehead atoms. The summed E-state index contributed by atoms with van der Waals surface area (Å²) >= 11 is 0. The highest BCUT2D eigenvalue weighted by Crippen LogP contribution is 1.40. The van der Waals surface area contributed by atoms with Crippen molar-refractivity contribution in [3.05, 3.63) is 12.3 Å². The molecule has 0 aromatic rings. The minimum Gasteiger partial charge on any atom is -0.434 e. The largest absolute Gasteiger partial charge is 0.434 e. The Kier molecular flexibility index (Phi) is 24.1. The molecule has 7 heavy (non-hydrogen) atoms. The smallest absolute Gasteiger partial charge is 0.180 e. The maximum Gasteiger partial charge on any atom is 0.180 e. The zero-order valence-corrected chi connectivity index (χ0v) is 6.01. The zero-order chi connectivity index (χ0) is 6.12. The number of aliphatic hydroxyl groups excluding tert-OH is 1. The fourth-order valence-corrected chi connectivity index (χ4v) is 0. The van der Waals surface area contributed by atoms with Gasteiger partial charge in [0.05, 0.1) is 0 Å². The van der Waals surface area contributed by atoms with E-state index in [0.717, 1.165) is 0 Å². The van der Waals surface area contributed by atoms with Gasteiger partial charge in [-0.2, -0.15) is 0 Å². The van der Waals surface area contributed by atoms with Crippen LogP contribution in [0.15, 0.2) is 12.3 Å². The minimum atomic E-state index is -0.812. The SMILES string of the molecule is C=C[SiH2]O.CCO. The van der Waals surface area contributed by atoms with Crippen LogP contribution in [-0.4, -0.2) is 26.3 Å². The second-order valence-electron chi connectivity index (χ2n) is 0.787. The molecule has 0 aliphatic carbocycles. The van der Waals surface area contributed by atoms with Crippen LogP contribution in [0.5, 0.6) is 0 Å². The molecule has 0 saturated carbocycles. The van der Waals surface area contributed by atoms with Crippen LogP contribution in [0.2, 0.25) is 0 Å². The van der Waals surface area contributed by atoms with E-state index in [2.05, 4.69) is 6.58 Å². The van der Waals surface area contributed by atoms with Crippen molar-refractivity contribution in [3.8, 4) is 0 Å². The van der Waals surface area contributed by atoms with E-state index >= 15 is 0 Å². The van der Waals surface area contributed by atoms with Crippen molar-refractivity contribution in [3.63, 3.8) is 0 Å². The molecule has 2 nitrogen and oxygen atoms in total. The third kappa shape index (κ3) is 115. The van der Waals surface area contributed by atoms with Crippen molar-refractivity contribution in [2.45, 2.75) is 6.92 Å². The van der Waals surface area contributed by atoms with Crippen LogP contribution in [0, 0.1) is 0 Å². The van der Waals surface area contributed by atoms with E-state index in [4.69, 9.17) is 9.90 Å². The molecule has 0 rings (SSSR count). The van der Waals surface area contributed by atoms with Crippen LogP contribution < -0.4 is 0 Å². The summed E-state index contributed by atoms with van der Waals surface area (Å²) in [4.78, 5) is 7.90. The van der Waals surface area contributed by atoms with E-state index in [-0.39, 0.29) is 6.61 Å². The van der Waals surface area contributed by atoms with Crippen LogP contribution >= 0.6 is 0 Å². The summed E-state index contributed by atoms with van der Waals surface area (Å²) < 4.78 is 0. The quantitative estimate of drug-likeness (QED) is 0.445. The molecule has 0 aliphatic rings. The molecule has 0 aromatic carbocycles. The molecule has 0 unspecified atom stereocenters. The van der Waals surface area contributed by atoms with E-state index in [9.17, 15) is 0 Å². The van der Waals surface area contributed by atoms with Crippen LogP contribution in [0.1, 0.15) is 6.92 Å². The normalized spacial score (nSPS) is 7.86. The van der Waals surface area contributed by atoms with Gasteiger partial charge in [0, 0.05) is 6.61 Å². The fourth-order valence-electron chi connectivity index (χ4n) is 0. The minimum absolute atomic E-state index is 0.250. The Morgan fingerprint density at radius 1 is 1.86 bits per heavy atom. The van der Waals surface area contributed by atoms with Gasteiger partial charge in [0.25, 0.3) is 0 Å².